The summed E-state index contributed by atoms with van der Waals surface area (Å²) in [7, 11) is 0. The zero-order valence-electron chi connectivity index (χ0n) is 33.0. The van der Waals surface area contributed by atoms with Crippen LogP contribution in [0.3, 0.4) is 0 Å². The minimum atomic E-state index is -0.446. The lowest BCUT2D eigenvalue weighted by atomic mass is 9.74. The number of rotatable bonds is 11. The van der Waals surface area contributed by atoms with E-state index in [2.05, 4.69) is 73.9 Å². The summed E-state index contributed by atoms with van der Waals surface area (Å²) in [6, 6.07) is 33.4. The van der Waals surface area contributed by atoms with Crippen molar-refractivity contribution < 1.29 is 14.0 Å². The predicted molar refractivity (Wildman–Crippen MR) is 224 cm³/mol. The van der Waals surface area contributed by atoms with E-state index in [1.165, 1.54) is 22.8 Å². The van der Waals surface area contributed by atoms with Crippen LogP contribution in [0.1, 0.15) is 53.0 Å². The number of anilines is 3. The van der Waals surface area contributed by atoms with Gasteiger partial charge in [0.2, 0.25) is 11.8 Å². The third-order valence-corrected chi connectivity index (χ3v) is 12.9. The van der Waals surface area contributed by atoms with Gasteiger partial charge in [-0.25, -0.2) is 4.39 Å². The van der Waals surface area contributed by atoms with E-state index in [-0.39, 0.29) is 41.0 Å². The van der Waals surface area contributed by atoms with Crippen LogP contribution in [-0.2, 0) is 22.6 Å². The molecule has 3 atom stereocenters. The molecule has 11 heteroatoms. The first-order chi connectivity index (χ1) is 28.4. The first kappa shape index (κ1) is 38.9. The maximum absolute atomic E-state index is 15.4. The van der Waals surface area contributed by atoms with Crippen molar-refractivity contribution in [1.29, 1.82) is 10.5 Å². The monoisotopic (exact) mass is 778 g/mol. The highest BCUT2D eigenvalue weighted by atomic mass is 19.1. The van der Waals surface area contributed by atoms with Crippen molar-refractivity contribution in [2.45, 2.75) is 38.1 Å². The molecule has 0 spiro atoms. The van der Waals surface area contributed by atoms with E-state index in [0.29, 0.717) is 50.4 Å². The van der Waals surface area contributed by atoms with Gasteiger partial charge in [0.05, 0.1) is 34.9 Å². The predicted octanol–water partition coefficient (Wildman–Crippen LogP) is 5.82. The summed E-state index contributed by atoms with van der Waals surface area (Å²) in [5.74, 6) is -0.644. The highest BCUT2D eigenvalue weighted by molar-refractivity contribution is 5.81. The van der Waals surface area contributed by atoms with Crippen molar-refractivity contribution in [1.82, 2.24) is 15.5 Å². The van der Waals surface area contributed by atoms with E-state index in [1.54, 1.807) is 12.1 Å². The normalized spacial score (nSPS) is 20.7. The van der Waals surface area contributed by atoms with Gasteiger partial charge in [-0.1, -0.05) is 42.5 Å². The molecule has 2 saturated heterocycles. The summed E-state index contributed by atoms with van der Waals surface area (Å²) in [5.41, 5.74) is 7.52. The summed E-state index contributed by atoms with van der Waals surface area (Å²) in [4.78, 5) is 36.7. The number of fused-ring (bicyclic) bond motifs is 2. The molecule has 0 aromatic heterocycles. The Balaban J connectivity index is 0.909. The summed E-state index contributed by atoms with van der Waals surface area (Å²) in [5, 5.41) is 25.0. The third kappa shape index (κ3) is 8.51. The zero-order valence-corrected chi connectivity index (χ0v) is 33.0. The Hall–Kier alpha value is -5.91. The average molecular weight is 779 g/mol. The van der Waals surface area contributed by atoms with E-state index in [0.717, 1.165) is 69.9 Å². The fourth-order valence-corrected chi connectivity index (χ4v) is 9.70. The second-order valence-electron chi connectivity index (χ2n) is 16.2. The first-order valence-corrected chi connectivity index (χ1v) is 20.8. The second-order valence-corrected chi connectivity index (χ2v) is 16.2. The lowest BCUT2D eigenvalue weighted by molar-refractivity contribution is -0.127. The summed E-state index contributed by atoms with van der Waals surface area (Å²) in [6.07, 6.45) is 3.27. The van der Waals surface area contributed by atoms with Crippen LogP contribution in [0.4, 0.5) is 21.5 Å². The first-order valence-electron chi connectivity index (χ1n) is 20.8. The highest BCUT2D eigenvalue weighted by Crippen LogP contribution is 2.46. The van der Waals surface area contributed by atoms with Gasteiger partial charge < -0.3 is 25.3 Å². The Morgan fingerprint density at radius 1 is 0.707 bits per heavy atom. The molecular weight excluding hydrogens is 728 g/mol. The van der Waals surface area contributed by atoms with E-state index in [9.17, 15) is 14.9 Å². The molecule has 0 saturated carbocycles. The van der Waals surface area contributed by atoms with Crippen LogP contribution in [-0.4, -0.2) is 82.2 Å². The Labute approximate surface area is 340 Å². The van der Waals surface area contributed by atoms with Gasteiger partial charge in [-0.05, 0) is 96.8 Å². The van der Waals surface area contributed by atoms with Gasteiger partial charge in [-0.3, -0.25) is 14.5 Å². The summed E-state index contributed by atoms with van der Waals surface area (Å²) in [6.45, 7) is 7.63. The van der Waals surface area contributed by atoms with Crippen molar-refractivity contribution in [3.8, 4) is 12.1 Å². The van der Waals surface area contributed by atoms with Crippen LogP contribution >= 0.6 is 0 Å². The number of nitriles is 2. The van der Waals surface area contributed by atoms with Crippen LogP contribution in [0.25, 0.3) is 0 Å². The number of halogens is 1. The largest absolute Gasteiger partial charge is 0.371 e. The molecule has 4 aromatic rings. The highest BCUT2D eigenvalue weighted by Gasteiger charge is 2.43. The molecule has 4 aromatic carbocycles. The zero-order chi connectivity index (χ0) is 40.0. The molecule has 58 heavy (non-hydrogen) atoms. The number of benzene rings is 4. The minimum Gasteiger partial charge on any atom is -0.371 e. The van der Waals surface area contributed by atoms with Gasteiger partial charge in [-0.2, -0.15) is 10.5 Å². The van der Waals surface area contributed by atoms with Crippen molar-refractivity contribution in [2.75, 3.05) is 80.1 Å². The SMILES string of the molecule is N#Cc1ccc(N2CCC(C(=O)NCCN3CC(C4CCN(c5ccc(C#N)cc5F)CC4C(=O)NCCN4CCc5ccccc5C4)c4ccccc43)CC2)cc1. The topological polar surface area (TPSA) is 119 Å². The number of carbonyl (C=O) groups is 2. The fourth-order valence-electron chi connectivity index (χ4n) is 9.70. The second kappa shape index (κ2) is 17.7. The Morgan fingerprint density at radius 3 is 2.17 bits per heavy atom. The molecule has 4 aliphatic heterocycles. The molecule has 0 radical (unpaired) electrons. The number of amides is 2. The fraction of sp³-hybridized carbons (Fsp3) is 0.404. The number of nitrogens with one attached hydrogen (secondary N) is 2. The Bertz CT molecular complexity index is 2190. The van der Waals surface area contributed by atoms with Gasteiger partial charge in [0.1, 0.15) is 5.82 Å². The Kier molecular flexibility index (Phi) is 11.9. The molecule has 3 unspecified atom stereocenters. The van der Waals surface area contributed by atoms with E-state index in [4.69, 9.17) is 5.26 Å². The molecule has 4 heterocycles. The maximum atomic E-state index is 15.4. The van der Waals surface area contributed by atoms with Gasteiger partial charge in [0.25, 0.3) is 0 Å². The van der Waals surface area contributed by atoms with E-state index in [1.807, 2.05) is 41.3 Å². The molecule has 2 fully saturated rings. The van der Waals surface area contributed by atoms with Gasteiger partial charge in [0.15, 0.2) is 0 Å². The van der Waals surface area contributed by atoms with Crippen LogP contribution in [0, 0.1) is 46.2 Å². The van der Waals surface area contributed by atoms with Crippen molar-refractivity contribution >= 4 is 28.9 Å². The molecule has 0 bridgehead atoms. The Morgan fingerprint density at radius 2 is 1.40 bits per heavy atom. The molecule has 4 aliphatic rings. The quantitative estimate of drug-likeness (QED) is 0.196. The average Bonchev–Trinajstić information content (AvgIpc) is 3.64. The van der Waals surface area contributed by atoms with Crippen LogP contribution in [0.2, 0.25) is 0 Å². The van der Waals surface area contributed by atoms with E-state index >= 15 is 4.39 Å². The van der Waals surface area contributed by atoms with Crippen LogP contribution in [0.15, 0.2) is 91.0 Å². The van der Waals surface area contributed by atoms with Gasteiger partial charge in [0, 0.05) is 95.2 Å². The van der Waals surface area contributed by atoms with Crippen LogP contribution < -0.4 is 25.3 Å². The number of hydrogen-bond donors (Lipinski definition) is 2. The molecule has 10 nitrogen and oxygen atoms in total. The molecular formula is C47H51FN8O2. The molecule has 2 N–H and O–H groups in total. The maximum Gasteiger partial charge on any atom is 0.225 e. The van der Waals surface area contributed by atoms with E-state index < -0.39 is 5.82 Å². The van der Waals surface area contributed by atoms with Gasteiger partial charge in [-0.15, -0.1) is 0 Å². The molecule has 2 amide bonds. The van der Waals surface area contributed by atoms with Gasteiger partial charge >= 0.3 is 0 Å². The number of carbonyl (C=O) groups excluding carboxylic acids is 2. The molecule has 0 aliphatic carbocycles. The standard InChI is InChI=1S/C47H51FN8O2/c48-43-27-34(29-50)11-14-45(43)55-24-18-39(42(32-55)47(58)52-19-25-53-21-15-35-5-1-2-6-37(35)30-53)41-31-56(44-8-4-3-7-40(41)44)26-20-51-46(57)36-16-22-54(23-17-36)38-12-9-33(28-49)10-13-38/h1-14,27,36,39,41-42H,15-26,30-32H2,(H,51,57)(H,52,58). The van der Waals surface area contributed by atoms with Crippen molar-refractivity contribution in [3.05, 3.63) is 125 Å². The minimum absolute atomic E-state index is 0.00501. The lowest BCUT2D eigenvalue weighted by Gasteiger charge is -2.42. The molecule has 8 rings (SSSR count). The number of para-hydroxylation sites is 1. The van der Waals surface area contributed by atoms with Crippen LogP contribution in [0.5, 0.6) is 0 Å². The number of piperidine rings is 2. The lowest BCUT2D eigenvalue weighted by Crippen LogP contribution is -2.51. The van der Waals surface area contributed by atoms with Crippen molar-refractivity contribution in [2.24, 2.45) is 17.8 Å². The number of nitrogens with zero attached hydrogens (tertiary/aromatic N) is 6. The number of hydrogen-bond acceptors (Lipinski definition) is 8. The third-order valence-electron chi connectivity index (χ3n) is 12.9. The van der Waals surface area contributed by atoms with Crippen molar-refractivity contribution in [3.63, 3.8) is 0 Å². The summed E-state index contributed by atoms with van der Waals surface area (Å²) >= 11 is 0. The molecule has 298 valence electrons. The summed E-state index contributed by atoms with van der Waals surface area (Å²) < 4.78 is 15.4. The smallest absolute Gasteiger partial charge is 0.225 e.